The summed E-state index contributed by atoms with van der Waals surface area (Å²) in [5.74, 6) is 0.900. The van der Waals surface area contributed by atoms with Crippen molar-refractivity contribution in [2.75, 3.05) is 20.2 Å². The number of hydrogen-bond donors (Lipinski definition) is 1. The van der Waals surface area contributed by atoms with Crippen molar-refractivity contribution in [3.05, 3.63) is 34.7 Å². The number of thioether (sulfide) groups is 1. The minimum absolute atomic E-state index is 0.00245. The Labute approximate surface area is 163 Å². The van der Waals surface area contributed by atoms with Gasteiger partial charge in [0.15, 0.2) is 0 Å². The van der Waals surface area contributed by atoms with Crippen LogP contribution in [0.5, 0.6) is 5.75 Å². The third-order valence-corrected chi connectivity index (χ3v) is 5.80. The molecule has 0 spiro atoms. The minimum atomic E-state index is -0.314. The maximum absolute atomic E-state index is 12.5. The minimum Gasteiger partial charge on any atom is -0.497 e. The maximum atomic E-state index is 12.5. The number of rotatable bonds is 7. The van der Waals surface area contributed by atoms with Gasteiger partial charge in [-0.25, -0.2) is 0 Å². The molecule has 0 atom stereocenters. The lowest BCUT2D eigenvalue weighted by molar-refractivity contribution is -0.124. The van der Waals surface area contributed by atoms with Crippen LogP contribution in [-0.2, 0) is 9.59 Å². The molecule has 2 fully saturated rings. The first-order chi connectivity index (χ1) is 13.1. The molecule has 1 aliphatic heterocycles. The van der Waals surface area contributed by atoms with E-state index in [1.54, 1.807) is 25.3 Å². The molecule has 3 amide bonds. The molecule has 2 aliphatic rings. The van der Waals surface area contributed by atoms with Crippen molar-refractivity contribution in [3.8, 4) is 5.75 Å². The van der Waals surface area contributed by atoms with Crippen LogP contribution in [-0.4, -0.2) is 42.2 Å². The summed E-state index contributed by atoms with van der Waals surface area (Å²) in [5, 5.41) is 2.53. The van der Waals surface area contributed by atoms with Crippen molar-refractivity contribution >= 4 is 34.9 Å². The molecule has 6 nitrogen and oxygen atoms in total. The molecule has 0 bridgehead atoms. The zero-order valence-corrected chi connectivity index (χ0v) is 16.2. The molecule has 27 heavy (non-hydrogen) atoms. The van der Waals surface area contributed by atoms with Crippen LogP contribution in [0, 0.1) is 5.92 Å². The van der Waals surface area contributed by atoms with E-state index in [1.165, 1.54) is 17.7 Å². The van der Waals surface area contributed by atoms with Gasteiger partial charge in [0.1, 0.15) is 5.75 Å². The van der Waals surface area contributed by atoms with Crippen LogP contribution in [0.2, 0.25) is 0 Å². The van der Waals surface area contributed by atoms with E-state index in [9.17, 15) is 14.4 Å². The van der Waals surface area contributed by atoms with Gasteiger partial charge in [0.25, 0.3) is 11.1 Å². The van der Waals surface area contributed by atoms with Gasteiger partial charge in [-0.1, -0.05) is 25.0 Å². The lowest BCUT2D eigenvalue weighted by Gasteiger charge is -2.14. The van der Waals surface area contributed by atoms with Crippen molar-refractivity contribution in [2.24, 2.45) is 5.92 Å². The molecule has 1 saturated carbocycles. The van der Waals surface area contributed by atoms with Gasteiger partial charge < -0.3 is 10.1 Å². The second-order valence-corrected chi connectivity index (χ2v) is 7.80. The summed E-state index contributed by atoms with van der Waals surface area (Å²) in [6, 6.07) is 7.26. The van der Waals surface area contributed by atoms with Gasteiger partial charge in [0, 0.05) is 19.5 Å². The highest BCUT2D eigenvalue weighted by Crippen LogP contribution is 2.32. The molecule has 0 unspecified atom stereocenters. The first kappa shape index (κ1) is 19.5. The van der Waals surface area contributed by atoms with Crippen LogP contribution in [0.4, 0.5) is 4.79 Å². The molecule has 1 N–H and O–H groups in total. The Morgan fingerprint density at radius 3 is 2.63 bits per heavy atom. The highest BCUT2D eigenvalue weighted by atomic mass is 32.2. The second-order valence-electron chi connectivity index (χ2n) is 6.81. The van der Waals surface area contributed by atoms with Gasteiger partial charge >= 0.3 is 0 Å². The molecule has 1 aliphatic carbocycles. The van der Waals surface area contributed by atoms with Gasteiger partial charge in [-0.2, -0.15) is 0 Å². The van der Waals surface area contributed by atoms with Crippen LogP contribution >= 0.6 is 11.8 Å². The summed E-state index contributed by atoms with van der Waals surface area (Å²) in [7, 11) is 1.59. The number of hydrogen-bond acceptors (Lipinski definition) is 5. The van der Waals surface area contributed by atoms with Crippen LogP contribution in [0.1, 0.15) is 37.7 Å². The molecule has 144 valence electrons. The van der Waals surface area contributed by atoms with Gasteiger partial charge in [-0.3, -0.25) is 19.3 Å². The molecule has 1 saturated heterocycles. The van der Waals surface area contributed by atoms with Crippen LogP contribution in [0.3, 0.4) is 0 Å². The van der Waals surface area contributed by atoms with E-state index in [1.807, 2.05) is 12.1 Å². The smallest absolute Gasteiger partial charge is 0.293 e. The topological polar surface area (TPSA) is 75.7 Å². The normalized spacial score (nSPS) is 19.1. The predicted molar refractivity (Wildman–Crippen MR) is 105 cm³/mol. The average molecular weight is 388 g/mol. The summed E-state index contributed by atoms with van der Waals surface area (Å²) in [6.45, 7) is 0.487. The number of nitrogens with zero attached hydrogens (tertiary/aromatic N) is 1. The van der Waals surface area contributed by atoms with Crippen molar-refractivity contribution < 1.29 is 19.1 Å². The number of amides is 3. The van der Waals surface area contributed by atoms with Crippen LogP contribution in [0.25, 0.3) is 6.08 Å². The third kappa shape index (κ3) is 5.13. The van der Waals surface area contributed by atoms with E-state index in [0.717, 1.165) is 35.9 Å². The summed E-state index contributed by atoms with van der Waals surface area (Å²) < 4.78 is 5.11. The summed E-state index contributed by atoms with van der Waals surface area (Å²) in [4.78, 5) is 38.2. The molecule has 3 rings (SSSR count). The van der Waals surface area contributed by atoms with E-state index < -0.39 is 0 Å². The van der Waals surface area contributed by atoms with Crippen molar-refractivity contribution in [2.45, 2.75) is 32.1 Å². The summed E-state index contributed by atoms with van der Waals surface area (Å²) in [6.07, 6.45) is 6.88. The Kier molecular flexibility index (Phi) is 6.55. The standard InChI is InChI=1S/C20H24N2O4S/c1-26-16-8-6-15(7-9-16)12-17-19(24)22(20(25)27-17)11-10-21-18(23)13-14-4-2-3-5-14/h6-9,12,14H,2-5,10-11,13H2,1H3,(H,21,23)/b17-12-. The number of benzene rings is 1. The maximum Gasteiger partial charge on any atom is 0.293 e. The lowest BCUT2D eigenvalue weighted by atomic mass is 10.0. The molecule has 0 radical (unpaired) electrons. The number of carbonyl (C=O) groups is 3. The lowest BCUT2D eigenvalue weighted by Crippen LogP contribution is -2.37. The van der Waals surface area contributed by atoms with Crippen molar-refractivity contribution in [1.29, 1.82) is 0 Å². The average Bonchev–Trinajstić information content (AvgIpc) is 3.26. The quantitative estimate of drug-likeness (QED) is 0.724. The Morgan fingerprint density at radius 1 is 1.26 bits per heavy atom. The number of methoxy groups -OCH3 is 1. The third-order valence-electron chi connectivity index (χ3n) is 4.89. The van der Waals surface area contributed by atoms with E-state index >= 15 is 0 Å². The van der Waals surface area contributed by atoms with Gasteiger partial charge in [0.2, 0.25) is 5.91 Å². The van der Waals surface area contributed by atoms with Crippen LogP contribution in [0.15, 0.2) is 29.2 Å². The van der Waals surface area contributed by atoms with Crippen molar-refractivity contribution in [1.82, 2.24) is 10.2 Å². The zero-order chi connectivity index (χ0) is 19.2. The molecule has 1 aromatic carbocycles. The number of imide groups is 1. The predicted octanol–water partition coefficient (Wildman–Crippen LogP) is 3.43. The summed E-state index contributed by atoms with van der Waals surface area (Å²) in [5.41, 5.74) is 0.825. The highest BCUT2D eigenvalue weighted by Gasteiger charge is 2.34. The van der Waals surface area contributed by atoms with E-state index in [-0.39, 0.29) is 23.6 Å². The second kappa shape index (κ2) is 9.08. The van der Waals surface area contributed by atoms with Crippen molar-refractivity contribution in [3.63, 3.8) is 0 Å². The SMILES string of the molecule is COc1ccc(/C=C2\SC(=O)N(CCNC(=O)CC3CCCC3)C2=O)cc1. The first-order valence-electron chi connectivity index (χ1n) is 9.23. The molecular weight excluding hydrogens is 364 g/mol. The monoisotopic (exact) mass is 388 g/mol. The molecule has 7 heteroatoms. The number of ether oxygens (including phenoxy) is 1. The highest BCUT2D eigenvalue weighted by molar-refractivity contribution is 8.18. The van der Waals surface area contributed by atoms with Gasteiger partial charge in [-0.15, -0.1) is 0 Å². The Bertz CT molecular complexity index is 739. The fourth-order valence-corrected chi connectivity index (χ4v) is 4.27. The Balaban J connectivity index is 1.51. The molecule has 0 aromatic heterocycles. The summed E-state index contributed by atoms with van der Waals surface area (Å²) >= 11 is 0.926. The van der Waals surface area contributed by atoms with E-state index in [2.05, 4.69) is 5.32 Å². The molecule has 1 aromatic rings. The van der Waals surface area contributed by atoms with E-state index in [0.29, 0.717) is 23.8 Å². The zero-order valence-electron chi connectivity index (χ0n) is 15.4. The number of nitrogens with one attached hydrogen (secondary N) is 1. The Hall–Kier alpha value is -2.28. The van der Waals surface area contributed by atoms with Gasteiger partial charge in [0.05, 0.1) is 12.0 Å². The fraction of sp³-hybridized carbons (Fsp3) is 0.450. The van der Waals surface area contributed by atoms with Gasteiger partial charge in [-0.05, 0) is 54.3 Å². The first-order valence-corrected chi connectivity index (χ1v) is 10.0. The van der Waals surface area contributed by atoms with Crippen LogP contribution < -0.4 is 10.1 Å². The fourth-order valence-electron chi connectivity index (χ4n) is 3.40. The number of carbonyl (C=O) groups excluding carboxylic acids is 3. The molecular formula is C20H24N2O4S. The van der Waals surface area contributed by atoms with E-state index in [4.69, 9.17) is 4.74 Å². The molecule has 1 heterocycles. The Morgan fingerprint density at radius 2 is 1.96 bits per heavy atom. The largest absolute Gasteiger partial charge is 0.497 e.